The van der Waals surface area contributed by atoms with Gasteiger partial charge in [-0.05, 0) is 18.6 Å². The minimum atomic E-state index is -1.15. The van der Waals surface area contributed by atoms with E-state index in [0.29, 0.717) is 11.1 Å². The van der Waals surface area contributed by atoms with Crippen molar-refractivity contribution in [3.05, 3.63) is 65.5 Å². The van der Waals surface area contributed by atoms with Crippen LogP contribution in [0, 0.1) is 12.7 Å². The fraction of sp³-hybridized carbons (Fsp3) is 0.133. The molecule has 0 aliphatic rings. The van der Waals surface area contributed by atoms with Crippen molar-refractivity contribution in [1.29, 1.82) is 0 Å². The zero-order valence-corrected chi connectivity index (χ0v) is 10.3. The zero-order chi connectivity index (χ0) is 13.8. The maximum Gasteiger partial charge on any atom is 0.349 e. The van der Waals surface area contributed by atoms with Gasteiger partial charge in [0.05, 0.1) is 0 Å². The van der Waals surface area contributed by atoms with Crippen molar-refractivity contribution in [2.24, 2.45) is 0 Å². The van der Waals surface area contributed by atoms with Crippen molar-refractivity contribution in [1.82, 2.24) is 0 Å². The molecule has 19 heavy (non-hydrogen) atoms. The van der Waals surface area contributed by atoms with Gasteiger partial charge in [0.2, 0.25) is 6.10 Å². The van der Waals surface area contributed by atoms with E-state index in [1.807, 2.05) is 0 Å². The number of ether oxygens (including phenoxy) is 1. The van der Waals surface area contributed by atoms with Crippen molar-refractivity contribution in [2.75, 3.05) is 0 Å². The van der Waals surface area contributed by atoms with Crippen LogP contribution in [0.15, 0.2) is 48.5 Å². The van der Waals surface area contributed by atoms with Crippen LogP contribution >= 0.6 is 0 Å². The van der Waals surface area contributed by atoms with Crippen LogP contribution in [-0.4, -0.2) is 11.1 Å². The molecule has 0 saturated carbocycles. The molecule has 98 valence electrons. The van der Waals surface area contributed by atoms with E-state index in [9.17, 15) is 14.3 Å². The Morgan fingerprint density at radius 1 is 1.21 bits per heavy atom. The Labute approximate surface area is 110 Å². The van der Waals surface area contributed by atoms with Gasteiger partial charge < -0.3 is 9.84 Å². The van der Waals surface area contributed by atoms with Gasteiger partial charge in [-0.25, -0.2) is 9.18 Å². The average molecular weight is 260 g/mol. The Kier molecular flexibility index (Phi) is 3.80. The molecule has 2 aromatic rings. The van der Waals surface area contributed by atoms with Crippen LogP contribution in [0.25, 0.3) is 0 Å². The molecule has 2 aromatic carbocycles. The highest BCUT2D eigenvalue weighted by Crippen LogP contribution is 2.26. The van der Waals surface area contributed by atoms with E-state index in [-0.39, 0.29) is 5.75 Å². The molecule has 0 bridgehead atoms. The molecular formula is C15H13FO3. The van der Waals surface area contributed by atoms with E-state index in [1.165, 1.54) is 12.1 Å². The minimum Gasteiger partial charge on any atom is -0.478 e. The van der Waals surface area contributed by atoms with Crippen LogP contribution < -0.4 is 4.74 Å². The lowest BCUT2D eigenvalue weighted by Crippen LogP contribution is -2.18. The first-order chi connectivity index (χ1) is 9.08. The fourth-order valence-corrected chi connectivity index (χ4v) is 1.72. The smallest absolute Gasteiger partial charge is 0.349 e. The molecule has 0 heterocycles. The average Bonchev–Trinajstić information content (AvgIpc) is 2.40. The predicted octanol–water partition coefficient (Wildman–Crippen LogP) is 3.34. The molecule has 1 N–H and O–H groups in total. The predicted molar refractivity (Wildman–Crippen MR) is 68.6 cm³/mol. The number of aryl methyl sites for hydroxylation is 1. The van der Waals surface area contributed by atoms with Gasteiger partial charge in [0.1, 0.15) is 11.6 Å². The van der Waals surface area contributed by atoms with Gasteiger partial charge >= 0.3 is 5.97 Å². The van der Waals surface area contributed by atoms with E-state index in [1.54, 1.807) is 43.3 Å². The van der Waals surface area contributed by atoms with E-state index in [0.717, 1.165) is 0 Å². The maximum absolute atomic E-state index is 13.2. The SMILES string of the molecule is Cc1ccc(F)cc1OC(C(=O)O)c1ccccc1. The quantitative estimate of drug-likeness (QED) is 0.917. The third kappa shape index (κ3) is 3.10. The molecule has 0 radical (unpaired) electrons. The van der Waals surface area contributed by atoms with Gasteiger partial charge in [-0.1, -0.05) is 36.4 Å². The summed E-state index contributed by atoms with van der Waals surface area (Å²) in [5, 5.41) is 9.23. The summed E-state index contributed by atoms with van der Waals surface area (Å²) in [5.74, 6) is -1.34. The van der Waals surface area contributed by atoms with Crippen molar-refractivity contribution in [3.63, 3.8) is 0 Å². The molecule has 0 fully saturated rings. The van der Waals surface area contributed by atoms with Gasteiger partial charge in [-0.15, -0.1) is 0 Å². The van der Waals surface area contributed by atoms with Crippen LogP contribution in [0.2, 0.25) is 0 Å². The van der Waals surface area contributed by atoms with E-state index < -0.39 is 17.9 Å². The molecule has 3 nitrogen and oxygen atoms in total. The van der Waals surface area contributed by atoms with E-state index >= 15 is 0 Å². The van der Waals surface area contributed by atoms with Crippen molar-refractivity contribution in [2.45, 2.75) is 13.0 Å². The third-order valence-corrected chi connectivity index (χ3v) is 2.72. The Balaban J connectivity index is 2.32. The van der Waals surface area contributed by atoms with Gasteiger partial charge in [-0.2, -0.15) is 0 Å². The standard InChI is InChI=1S/C15H13FO3/c1-10-7-8-12(16)9-13(10)19-14(15(17)18)11-5-3-2-4-6-11/h2-9,14H,1H3,(H,17,18). The van der Waals surface area contributed by atoms with Crippen LogP contribution in [0.3, 0.4) is 0 Å². The molecule has 2 rings (SSSR count). The summed E-state index contributed by atoms with van der Waals surface area (Å²) >= 11 is 0. The van der Waals surface area contributed by atoms with Crippen molar-refractivity contribution in [3.8, 4) is 5.75 Å². The fourth-order valence-electron chi connectivity index (χ4n) is 1.72. The molecule has 1 unspecified atom stereocenters. The lowest BCUT2D eigenvalue weighted by Gasteiger charge is -2.17. The van der Waals surface area contributed by atoms with Crippen LogP contribution in [0.4, 0.5) is 4.39 Å². The van der Waals surface area contributed by atoms with Gasteiger partial charge in [-0.3, -0.25) is 0 Å². The Morgan fingerprint density at radius 3 is 2.53 bits per heavy atom. The lowest BCUT2D eigenvalue weighted by molar-refractivity contribution is -0.145. The number of aliphatic carboxylic acids is 1. The first-order valence-electron chi connectivity index (χ1n) is 5.78. The summed E-state index contributed by atoms with van der Waals surface area (Å²) in [5.41, 5.74) is 1.20. The molecule has 0 amide bonds. The Bertz CT molecular complexity index is 581. The normalized spacial score (nSPS) is 11.9. The highest BCUT2D eigenvalue weighted by atomic mass is 19.1. The Morgan fingerprint density at radius 2 is 1.89 bits per heavy atom. The molecule has 1 atom stereocenters. The molecule has 0 aromatic heterocycles. The summed E-state index contributed by atoms with van der Waals surface area (Å²) in [6, 6.07) is 12.6. The van der Waals surface area contributed by atoms with E-state index in [2.05, 4.69) is 0 Å². The summed E-state index contributed by atoms with van der Waals surface area (Å²) in [4.78, 5) is 11.3. The molecule has 0 aliphatic heterocycles. The molecular weight excluding hydrogens is 247 g/mol. The zero-order valence-electron chi connectivity index (χ0n) is 10.3. The summed E-state index contributed by atoms with van der Waals surface area (Å²) in [7, 11) is 0. The monoisotopic (exact) mass is 260 g/mol. The van der Waals surface area contributed by atoms with E-state index in [4.69, 9.17) is 4.74 Å². The highest BCUT2D eigenvalue weighted by Gasteiger charge is 2.22. The Hall–Kier alpha value is -2.36. The molecule has 0 spiro atoms. The number of benzene rings is 2. The number of carboxylic acids is 1. The molecule has 4 heteroatoms. The van der Waals surface area contributed by atoms with Crippen LogP contribution in [0.1, 0.15) is 17.2 Å². The number of hydrogen-bond donors (Lipinski definition) is 1. The van der Waals surface area contributed by atoms with Gasteiger partial charge in [0, 0.05) is 11.6 Å². The number of rotatable bonds is 4. The lowest BCUT2D eigenvalue weighted by atomic mass is 10.1. The van der Waals surface area contributed by atoms with Gasteiger partial charge in [0.25, 0.3) is 0 Å². The van der Waals surface area contributed by atoms with Crippen molar-refractivity contribution < 1.29 is 19.0 Å². The van der Waals surface area contributed by atoms with Gasteiger partial charge in [0.15, 0.2) is 0 Å². The summed E-state index contributed by atoms with van der Waals surface area (Å²) in [6.07, 6.45) is -1.15. The summed E-state index contributed by atoms with van der Waals surface area (Å²) < 4.78 is 18.6. The first kappa shape index (κ1) is 13.1. The van der Waals surface area contributed by atoms with Crippen molar-refractivity contribution >= 4 is 5.97 Å². The minimum absolute atomic E-state index is 0.233. The molecule has 0 aliphatic carbocycles. The summed E-state index contributed by atoms with van der Waals surface area (Å²) in [6.45, 7) is 1.73. The maximum atomic E-state index is 13.2. The third-order valence-electron chi connectivity index (χ3n) is 2.72. The number of hydrogen-bond acceptors (Lipinski definition) is 2. The van der Waals surface area contributed by atoms with Crippen LogP contribution in [0.5, 0.6) is 5.75 Å². The molecule has 0 saturated heterocycles. The van der Waals surface area contributed by atoms with Crippen LogP contribution in [-0.2, 0) is 4.79 Å². The second kappa shape index (κ2) is 5.52. The topological polar surface area (TPSA) is 46.5 Å². The second-order valence-corrected chi connectivity index (χ2v) is 4.16. The number of halogens is 1. The first-order valence-corrected chi connectivity index (χ1v) is 5.78. The second-order valence-electron chi connectivity index (χ2n) is 4.16. The largest absolute Gasteiger partial charge is 0.478 e. The number of carbonyl (C=O) groups is 1. The highest BCUT2D eigenvalue weighted by molar-refractivity contribution is 5.74. The number of carboxylic acid groups (broad SMARTS) is 1.